The molecule has 1 unspecified atom stereocenters. The van der Waals surface area contributed by atoms with Crippen molar-refractivity contribution >= 4 is 5.78 Å². The van der Waals surface area contributed by atoms with Gasteiger partial charge >= 0.3 is 0 Å². The number of methoxy groups -OCH3 is 1. The summed E-state index contributed by atoms with van der Waals surface area (Å²) < 4.78 is 4.87. The highest BCUT2D eigenvalue weighted by molar-refractivity contribution is 5.88. The van der Waals surface area contributed by atoms with Crippen molar-refractivity contribution in [3.63, 3.8) is 0 Å². The molecule has 0 saturated heterocycles. The van der Waals surface area contributed by atoms with Gasteiger partial charge in [-0.25, -0.2) is 0 Å². The summed E-state index contributed by atoms with van der Waals surface area (Å²) in [6.45, 7) is 4.89. The summed E-state index contributed by atoms with van der Waals surface area (Å²) in [6.07, 6.45) is 0. The number of nitrogens with zero attached hydrogens (tertiary/aromatic N) is 2. The second kappa shape index (κ2) is 5.65. The van der Waals surface area contributed by atoms with E-state index in [1.54, 1.807) is 13.8 Å². The zero-order valence-electron chi connectivity index (χ0n) is 9.81. The fourth-order valence-corrected chi connectivity index (χ4v) is 1.29. The van der Waals surface area contributed by atoms with E-state index < -0.39 is 5.54 Å². The summed E-state index contributed by atoms with van der Waals surface area (Å²) in [5.41, 5.74) is -1.33. The minimum absolute atomic E-state index is 0.0274. The number of hydroxylamine groups is 1. The fraction of sp³-hybridized carbons (Fsp3) is 0.889. The van der Waals surface area contributed by atoms with Crippen molar-refractivity contribution in [2.45, 2.75) is 26.3 Å². The number of hydrogen-bond acceptors (Lipinski definition) is 5. The molecule has 15 heavy (non-hydrogen) atoms. The summed E-state index contributed by atoms with van der Waals surface area (Å²) in [7, 11) is 2.67. The summed E-state index contributed by atoms with van der Waals surface area (Å²) in [4.78, 5) is 16.4. The highest BCUT2D eigenvalue weighted by Crippen LogP contribution is 2.17. The zero-order valence-corrected chi connectivity index (χ0v) is 9.81. The number of rotatable bonds is 6. The molecule has 0 aromatic heterocycles. The van der Waals surface area contributed by atoms with Crippen LogP contribution in [-0.4, -0.2) is 37.0 Å². The standard InChI is InChI=1S/C9H18N2O4/c1-7(2)8(12)9(3,6-14-4)11(13)10-15-5/h7H,6H2,1-5H3/b11-10-. The largest absolute Gasteiger partial charge is 0.596 e. The quantitative estimate of drug-likeness (QED) is 0.380. The average molecular weight is 218 g/mol. The molecule has 0 radical (unpaired) electrons. The maximum absolute atomic E-state index is 11.8. The summed E-state index contributed by atoms with van der Waals surface area (Å²) in [6, 6.07) is 0. The Bertz CT molecular complexity index is 252. The van der Waals surface area contributed by atoms with Crippen molar-refractivity contribution in [1.29, 1.82) is 0 Å². The molecule has 0 aromatic rings. The summed E-state index contributed by atoms with van der Waals surface area (Å²) in [5, 5.41) is 14.7. The number of Topliss-reactive ketones (excluding diaryl/α,β-unsaturated/α-hetero) is 1. The molecule has 6 nitrogen and oxygen atoms in total. The van der Waals surface area contributed by atoms with E-state index >= 15 is 0 Å². The lowest BCUT2D eigenvalue weighted by molar-refractivity contribution is -0.616. The van der Waals surface area contributed by atoms with Gasteiger partial charge in [0.2, 0.25) is 11.1 Å². The van der Waals surface area contributed by atoms with Crippen LogP contribution < -0.4 is 0 Å². The number of ether oxygens (including phenoxy) is 1. The van der Waals surface area contributed by atoms with E-state index in [4.69, 9.17) is 4.74 Å². The molecule has 0 amide bonds. The Kier molecular flexibility index (Phi) is 5.21. The van der Waals surface area contributed by atoms with Gasteiger partial charge in [-0.1, -0.05) is 13.8 Å². The van der Waals surface area contributed by atoms with Crippen molar-refractivity contribution in [2.75, 3.05) is 20.8 Å². The van der Waals surface area contributed by atoms with Crippen LogP contribution in [0.5, 0.6) is 0 Å². The van der Waals surface area contributed by atoms with Crippen molar-refractivity contribution in [1.82, 2.24) is 0 Å². The van der Waals surface area contributed by atoms with Crippen LogP contribution in [0.3, 0.4) is 0 Å². The third-order valence-electron chi connectivity index (χ3n) is 2.06. The molecule has 6 heteroatoms. The summed E-state index contributed by atoms with van der Waals surface area (Å²) >= 11 is 0. The SMILES string of the molecule is COCC(C)(C(=O)C(C)C)/[N+]([O-])=N/OC. The van der Waals surface area contributed by atoms with Crippen LogP contribution in [0.15, 0.2) is 5.28 Å². The number of ketones is 1. The first-order valence-corrected chi connectivity index (χ1v) is 4.64. The summed E-state index contributed by atoms with van der Waals surface area (Å²) in [5.74, 6) is -0.506. The molecule has 0 aliphatic heterocycles. The number of hydrogen-bond donors (Lipinski definition) is 0. The molecule has 0 aliphatic rings. The normalized spacial score (nSPS) is 16.3. The molecule has 0 bridgehead atoms. The smallest absolute Gasteiger partial charge is 0.280 e. The van der Waals surface area contributed by atoms with Gasteiger partial charge in [-0.2, -0.15) is 0 Å². The first kappa shape index (κ1) is 13.8. The third-order valence-corrected chi connectivity index (χ3v) is 2.06. The second-order valence-corrected chi connectivity index (χ2v) is 3.76. The van der Waals surface area contributed by atoms with Gasteiger partial charge in [-0.15, -0.1) is 0 Å². The van der Waals surface area contributed by atoms with Crippen molar-refractivity contribution < 1.29 is 19.2 Å². The lowest BCUT2D eigenvalue weighted by atomic mass is 9.90. The average Bonchev–Trinajstić information content (AvgIpc) is 2.17. The molecule has 0 heterocycles. The highest BCUT2D eigenvalue weighted by Gasteiger charge is 2.45. The van der Waals surface area contributed by atoms with E-state index in [0.717, 1.165) is 0 Å². The van der Waals surface area contributed by atoms with Gasteiger partial charge < -0.3 is 14.8 Å². The van der Waals surface area contributed by atoms with E-state index in [1.165, 1.54) is 21.1 Å². The molecule has 1 atom stereocenters. The Hall–Kier alpha value is -1.17. The van der Waals surface area contributed by atoms with Gasteiger partial charge in [0.25, 0.3) is 5.54 Å². The van der Waals surface area contributed by atoms with Crippen LogP contribution in [0.1, 0.15) is 20.8 Å². The fourth-order valence-electron chi connectivity index (χ4n) is 1.29. The molecule has 0 aromatic carbocycles. The van der Waals surface area contributed by atoms with Crippen LogP contribution in [0.4, 0.5) is 0 Å². The molecular weight excluding hydrogens is 200 g/mol. The predicted molar refractivity (Wildman–Crippen MR) is 53.2 cm³/mol. The topological polar surface area (TPSA) is 74.0 Å². The maximum atomic E-state index is 11.8. The van der Waals surface area contributed by atoms with Crippen LogP contribution in [-0.2, 0) is 14.4 Å². The van der Waals surface area contributed by atoms with Crippen LogP contribution in [0.2, 0.25) is 0 Å². The Balaban J connectivity index is 5.05. The van der Waals surface area contributed by atoms with Crippen molar-refractivity contribution in [3.05, 3.63) is 5.21 Å². The lowest BCUT2D eigenvalue weighted by Crippen LogP contribution is -2.49. The van der Waals surface area contributed by atoms with Gasteiger partial charge in [0.05, 0.1) is 0 Å². The van der Waals surface area contributed by atoms with E-state index in [9.17, 15) is 10.0 Å². The highest BCUT2D eigenvalue weighted by atomic mass is 16.7. The first-order chi connectivity index (χ1) is 6.90. The molecule has 0 saturated carbocycles. The van der Waals surface area contributed by atoms with Crippen molar-refractivity contribution in [3.8, 4) is 0 Å². The molecule has 88 valence electrons. The van der Waals surface area contributed by atoms with Gasteiger partial charge in [0.1, 0.15) is 13.7 Å². The molecule has 0 fully saturated rings. The minimum Gasteiger partial charge on any atom is -0.596 e. The van der Waals surface area contributed by atoms with E-state index in [0.29, 0.717) is 0 Å². The zero-order chi connectivity index (χ0) is 12.1. The molecule has 0 N–H and O–H groups in total. The molecule has 0 rings (SSSR count). The van der Waals surface area contributed by atoms with Gasteiger partial charge in [0, 0.05) is 20.0 Å². The Morgan fingerprint density at radius 2 is 2.07 bits per heavy atom. The van der Waals surface area contributed by atoms with Crippen molar-refractivity contribution in [2.24, 2.45) is 11.2 Å². The third kappa shape index (κ3) is 3.16. The molecule has 0 spiro atoms. The van der Waals surface area contributed by atoms with Crippen LogP contribution >= 0.6 is 0 Å². The predicted octanol–water partition coefficient (Wildman–Crippen LogP) is 1.14. The van der Waals surface area contributed by atoms with Gasteiger partial charge in [0.15, 0.2) is 0 Å². The van der Waals surface area contributed by atoms with E-state index in [1.807, 2.05) is 0 Å². The first-order valence-electron chi connectivity index (χ1n) is 4.64. The van der Waals surface area contributed by atoms with Crippen LogP contribution in [0.25, 0.3) is 0 Å². The second-order valence-electron chi connectivity index (χ2n) is 3.76. The number of carbonyl (C=O) groups is 1. The minimum atomic E-state index is -1.33. The Morgan fingerprint density at radius 1 is 1.53 bits per heavy atom. The monoisotopic (exact) mass is 218 g/mol. The number of carbonyl (C=O) groups excluding carboxylic acids is 1. The van der Waals surface area contributed by atoms with Gasteiger partial charge in [-0.05, 0) is 4.86 Å². The Morgan fingerprint density at radius 3 is 2.40 bits per heavy atom. The van der Waals surface area contributed by atoms with Crippen LogP contribution in [0, 0.1) is 11.1 Å². The maximum Gasteiger partial charge on any atom is 0.280 e. The van der Waals surface area contributed by atoms with Gasteiger partial charge in [-0.3, -0.25) is 4.79 Å². The van der Waals surface area contributed by atoms with E-state index in [-0.39, 0.29) is 23.2 Å². The molecule has 0 aliphatic carbocycles. The Labute approximate surface area is 89.4 Å². The molecular formula is C9H18N2O4. The lowest BCUT2D eigenvalue weighted by Gasteiger charge is -2.23. The van der Waals surface area contributed by atoms with E-state index in [2.05, 4.69) is 10.1 Å².